The van der Waals surface area contributed by atoms with Gasteiger partial charge in [-0.25, -0.2) is 0 Å². The third-order valence-electron chi connectivity index (χ3n) is 1.88. The molecule has 0 spiro atoms. The molecule has 4 atom stereocenters. The number of carbonyl (C=O) groups is 1. The average molecular weight is 209 g/mol. The van der Waals surface area contributed by atoms with Crippen LogP contribution in [0.4, 0.5) is 0 Å². The molecule has 7 heteroatoms. The summed E-state index contributed by atoms with van der Waals surface area (Å²) >= 11 is 0.694. The second-order valence-corrected chi connectivity index (χ2v) is 4.12. The van der Waals surface area contributed by atoms with Crippen molar-refractivity contribution in [2.24, 2.45) is 5.73 Å². The highest BCUT2D eigenvalue weighted by molar-refractivity contribution is 8.26. The lowest BCUT2D eigenvalue weighted by molar-refractivity contribution is -0.118. The second kappa shape index (κ2) is 3.52. The van der Waals surface area contributed by atoms with Crippen LogP contribution in [0.3, 0.4) is 0 Å². The Morgan fingerprint density at radius 1 is 1.46 bits per heavy atom. The number of hydrogen-bond acceptors (Lipinski definition) is 7. The molecule has 1 aliphatic heterocycles. The number of hydrogen-bond donors (Lipinski definition) is 5. The molecule has 1 fully saturated rings. The first-order chi connectivity index (χ1) is 5.93. The van der Waals surface area contributed by atoms with Gasteiger partial charge in [-0.15, -0.1) is 0 Å². The number of carbonyl (C=O) groups excluding carboxylic acids is 1. The van der Waals surface area contributed by atoms with Crippen LogP contribution in [0.15, 0.2) is 0 Å². The summed E-state index contributed by atoms with van der Waals surface area (Å²) in [5.74, 6) is 0. The summed E-state index contributed by atoms with van der Waals surface area (Å²) in [5, 5.41) is 35.4. The van der Waals surface area contributed by atoms with E-state index in [1.54, 1.807) is 0 Å². The van der Waals surface area contributed by atoms with Crippen molar-refractivity contribution in [3.63, 3.8) is 0 Å². The highest BCUT2D eigenvalue weighted by Crippen LogP contribution is 2.45. The van der Waals surface area contributed by atoms with Crippen LogP contribution in [-0.2, 0) is 4.79 Å². The van der Waals surface area contributed by atoms with Crippen molar-refractivity contribution >= 4 is 16.9 Å². The fourth-order valence-corrected chi connectivity index (χ4v) is 1.52. The summed E-state index contributed by atoms with van der Waals surface area (Å²) in [6.07, 6.45) is -4.68. The normalized spacial score (nSPS) is 34.1. The van der Waals surface area contributed by atoms with Gasteiger partial charge in [0.25, 0.3) is 0 Å². The van der Waals surface area contributed by atoms with Crippen molar-refractivity contribution in [1.29, 1.82) is 0 Å². The quantitative estimate of drug-likeness (QED) is 0.312. The molecule has 1 saturated heterocycles. The lowest BCUT2D eigenvalue weighted by atomic mass is 10.0. The topological polar surface area (TPSA) is 124 Å². The number of aliphatic hydroxyl groups is 4. The van der Waals surface area contributed by atoms with E-state index in [1.807, 2.05) is 0 Å². The van der Waals surface area contributed by atoms with E-state index in [2.05, 4.69) is 0 Å². The molecule has 0 amide bonds. The summed E-state index contributed by atoms with van der Waals surface area (Å²) in [5.41, 5.74) is 5.34. The minimum absolute atomic E-state index is 0.441. The SMILES string of the molecule is N[C@]1([C@@H](O)[C@H](O)C(O)CO)SC1=O. The van der Waals surface area contributed by atoms with E-state index in [-0.39, 0.29) is 0 Å². The van der Waals surface area contributed by atoms with Gasteiger partial charge in [0, 0.05) is 0 Å². The van der Waals surface area contributed by atoms with Gasteiger partial charge in [0.15, 0.2) is 4.87 Å². The maximum Gasteiger partial charge on any atom is 0.224 e. The summed E-state index contributed by atoms with van der Waals surface area (Å²) < 4.78 is 0. The van der Waals surface area contributed by atoms with Gasteiger partial charge in [0.1, 0.15) is 18.3 Å². The maximum atomic E-state index is 10.7. The first kappa shape index (κ1) is 10.9. The van der Waals surface area contributed by atoms with Crippen LogP contribution in [-0.4, -0.2) is 55.3 Å². The van der Waals surface area contributed by atoms with Crippen molar-refractivity contribution in [2.75, 3.05) is 6.61 Å². The van der Waals surface area contributed by atoms with Gasteiger partial charge in [-0.2, -0.15) is 0 Å². The van der Waals surface area contributed by atoms with E-state index in [1.165, 1.54) is 0 Å². The Hall–Kier alpha value is -0.180. The van der Waals surface area contributed by atoms with Crippen molar-refractivity contribution < 1.29 is 25.2 Å². The van der Waals surface area contributed by atoms with Crippen molar-refractivity contribution in [2.45, 2.75) is 23.2 Å². The van der Waals surface area contributed by atoms with Crippen molar-refractivity contribution in [1.82, 2.24) is 0 Å². The molecule has 13 heavy (non-hydrogen) atoms. The van der Waals surface area contributed by atoms with Crippen molar-refractivity contribution in [3.05, 3.63) is 0 Å². The third kappa shape index (κ3) is 1.85. The zero-order chi connectivity index (χ0) is 10.2. The van der Waals surface area contributed by atoms with Gasteiger partial charge in [-0.1, -0.05) is 11.8 Å². The van der Waals surface area contributed by atoms with Gasteiger partial charge in [0.05, 0.1) is 6.61 Å². The third-order valence-corrected chi connectivity index (χ3v) is 2.97. The fourth-order valence-electron chi connectivity index (χ4n) is 0.881. The van der Waals surface area contributed by atoms with Gasteiger partial charge < -0.3 is 26.2 Å². The Morgan fingerprint density at radius 3 is 2.23 bits per heavy atom. The van der Waals surface area contributed by atoms with E-state index >= 15 is 0 Å². The Bertz CT molecular complexity index is 225. The minimum Gasteiger partial charge on any atom is -0.394 e. The van der Waals surface area contributed by atoms with Gasteiger partial charge in [0.2, 0.25) is 5.12 Å². The molecule has 0 radical (unpaired) electrons. The first-order valence-electron chi connectivity index (χ1n) is 3.61. The van der Waals surface area contributed by atoms with Crippen LogP contribution < -0.4 is 5.73 Å². The van der Waals surface area contributed by atoms with E-state index in [4.69, 9.17) is 15.9 Å². The predicted molar refractivity (Wildman–Crippen MR) is 44.6 cm³/mol. The summed E-state index contributed by atoms with van der Waals surface area (Å²) in [6.45, 7) is -0.701. The molecule has 1 heterocycles. The minimum atomic E-state index is -1.62. The number of nitrogens with two attached hydrogens (primary N) is 1. The molecule has 0 saturated carbocycles. The fraction of sp³-hybridized carbons (Fsp3) is 0.833. The first-order valence-corrected chi connectivity index (χ1v) is 4.42. The molecule has 1 unspecified atom stereocenters. The zero-order valence-corrected chi connectivity index (χ0v) is 7.44. The Morgan fingerprint density at radius 2 is 1.92 bits per heavy atom. The Balaban J connectivity index is 2.57. The lowest BCUT2D eigenvalue weighted by Gasteiger charge is -2.23. The maximum absolute atomic E-state index is 10.7. The molecule has 0 aromatic rings. The molecular formula is C6H11NO5S. The summed E-state index contributed by atoms with van der Waals surface area (Å²) in [6, 6.07) is 0. The van der Waals surface area contributed by atoms with E-state index in [9.17, 15) is 15.0 Å². The summed E-state index contributed by atoms with van der Waals surface area (Å²) in [4.78, 5) is 9.17. The van der Waals surface area contributed by atoms with Gasteiger partial charge in [-0.3, -0.25) is 4.79 Å². The Labute approximate surface area is 78.4 Å². The Kier molecular flexibility index (Phi) is 2.95. The monoisotopic (exact) mass is 209 g/mol. The molecule has 0 aliphatic carbocycles. The molecule has 1 aliphatic rings. The molecule has 0 aromatic heterocycles. The highest BCUT2D eigenvalue weighted by atomic mass is 32.2. The van der Waals surface area contributed by atoms with Crippen molar-refractivity contribution in [3.8, 4) is 0 Å². The van der Waals surface area contributed by atoms with Crippen LogP contribution in [0.5, 0.6) is 0 Å². The molecule has 76 valence electrons. The molecular weight excluding hydrogens is 198 g/mol. The summed E-state index contributed by atoms with van der Waals surface area (Å²) in [7, 11) is 0. The van der Waals surface area contributed by atoms with E-state index in [0.29, 0.717) is 11.8 Å². The molecule has 0 bridgehead atoms. The molecule has 0 aromatic carbocycles. The van der Waals surface area contributed by atoms with Gasteiger partial charge in [-0.05, 0) is 0 Å². The van der Waals surface area contributed by atoms with Gasteiger partial charge >= 0.3 is 0 Å². The predicted octanol–water partition coefficient (Wildman–Crippen LogP) is -3.01. The molecule has 1 rings (SSSR count). The average Bonchev–Trinajstić information content (AvgIpc) is 2.72. The number of thioether (sulfide) groups is 1. The number of aliphatic hydroxyl groups excluding tert-OH is 4. The largest absolute Gasteiger partial charge is 0.394 e. The zero-order valence-electron chi connectivity index (χ0n) is 6.62. The van der Waals surface area contributed by atoms with Crippen LogP contribution in [0.1, 0.15) is 0 Å². The van der Waals surface area contributed by atoms with Crippen LogP contribution in [0, 0.1) is 0 Å². The second-order valence-electron chi connectivity index (χ2n) is 2.87. The van der Waals surface area contributed by atoms with E-state index in [0.717, 1.165) is 0 Å². The highest BCUT2D eigenvalue weighted by Gasteiger charge is 2.60. The lowest BCUT2D eigenvalue weighted by Crippen LogP contribution is -2.51. The number of rotatable bonds is 4. The van der Waals surface area contributed by atoms with Crippen LogP contribution >= 0.6 is 11.8 Å². The molecule has 6 N–H and O–H groups in total. The van der Waals surface area contributed by atoms with Crippen LogP contribution in [0.25, 0.3) is 0 Å². The smallest absolute Gasteiger partial charge is 0.224 e. The standard InChI is InChI=1S/C6H11NO5S/c7-6(5(12)13-6)4(11)3(10)2(9)1-8/h2-4,8-11H,1,7H2/t2?,3-,4+,6-/m1/s1. The van der Waals surface area contributed by atoms with Crippen LogP contribution in [0.2, 0.25) is 0 Å². The van der Waals surface area contributed by atoms with E-state index < -0.39 is 34.9 Å². The molecule has 6 nitrogen and oxygen atoms in total.